The van der Waals surface area contributed by atoms with E-state index < -0.39 is 0 Å². The van der Waals surface area contributed by atoms with Crippen LogP contribution in [0.5, 0.6) is 5.75 Å². The summed E-state index contributed by atoms with van der Waals surface area (Å²) in [7, 11) is 1.62. The molecular formula is C16H24N2O2. The number of amides is 1. The van der Waals surface area contributed by atoms with Crippen molar-refractivity contribution >= 4 is 5.91 Å². The van der Waals surface area contributed by atoms with Gasteiger partial charge in [-0.3, -0.25) is 4.79 Å². The largest absolute Gasteiger partial charge is 0.496 e. The maximum Gasteiger partial charge on any atom is 0.251 e. The van der Waals surface area contributed by atoms with Crippen molar-refractivity contribution in [2.24, 2.45) is 5.73 Å². The summed E-state index contributed by atoms with van der Waals surface area (Å²) in [5.74, 6) is 0.675. The molecule has 0 radical (unpaired) electrons. The van der Waals surface area contributed by atoms with Crippen LogP contribution in [-0.2, 0) is 0 Å². The first-order valence-corrected chi connectivity index (χ1v) is 7.33. The van der Waals surface area contributed by atoms with Crippen molar-refractivity contribution in [3.8, 4) is 5.75 Å². The fraction of sp³-hybridized carbons (Fsp3) is 0.562. The van der Waals surface area contributed by atoms with E-state index in [1.54, 1.807) is 13.2 Å². The highest BCUT2D eigenvalue weighted by atomic mass is 16.5. The number of aryl methyl sites for hydroxylation is 1. The number of methoxy groups -OCH3 is 1. The molecule has 2 atom stereocenters. The van der Waals surface area contributed by atoms with E-state index in [2.05, 4.69) is 5.32 Å². The van der Waals surface area contributed by atoms with Crippen LogP contribution in [0.4, 0.5) is 0 Å². The molecule has 0 heterocycles. The molecule has 0 bridgehead atoms. The summed E-state index contributed by atoms with van der Waals surface area (Å²) in [4.78, 5) is 12.3. The average Bonchev–Trinajstić information content (AvgIpc) is 2.64. The predicted molar refractivity (Wildman–Crippen MR) is 80.0 cm³/mol. The van der Waals surface area contributed by atoms with Crippen molar-refractivity contribution < 1.29 is 9.53 Å². The number of hydrogen-bond acceptors (Lipinski definition) is 3. The van der Waals surface area contributed by atoms with Crippen LogP contribution in [0, 0.1) is 6.92 Å². The molecule has 2 rings (SSSR count). The van der Waals surface area contributed by atoms with Crippen LogP contribution < -0.4 is 15.8 Å². The minimum absolute atomic E-state index is 0.0637. The lowest BCUT2D eigenvalue weighted by molar-refractivity contribution is 0.0928. The first-order chi connectivity index (χ1) is 9.61. The SMILES string of the molecule is COc1cc(C(=O)NC2CCCCCC2N)ccc1C. The van der Waals surface area contributed by atoms with E-state index in [0.29, 0.717) is 5.56 Å². The number of nitrogens with two attached hydrogens (primary N) is 1. The van der Waals surface area contributed by atoms with E-state index >= 15 is 0 Å². The number of benzene rings is 1. The number of carbonyl (C=O) groups is 1. The van der Waals surface area contributed by atoms with Gasteiger partial charge in [0.25, 0.3) is 5.91 Å². The van der Waals surface area contributed by atoms with Crippen molar-refractivity contribution in [1.82, 2.24) is 5.32 Å². The van der Waals surface area contributed by atoms with Gasteiger partial charge < -0.3 is 15.8 Å². The fourth-order valence-electron chi connectivity index (χ4n) is 2.73. The highest BCUT2D eigenvalue weighted by Gasteiger charge is 2.22. The van der Waals surface area contributed by atoms with Gasteiger partial charge in [-0.2, -0.15) is 0 Å². The van der Waals surface area contributed by atoms with Gasteiger partial charge in [-0.25, -0.2) is 0 Å². The Kier molecular flexibility index (Phi) is 5.01. The standard InChI is InChI=1S/C16H24N2O2/c1-11-8-9-12(10-15(11)20-2)16(19)18-14-7-5-3-4-6-13(14)17/h8-10,13-14H,3-7,17H2,1-2H3,(H,18,19). The summed E-state index contributed by atoms with van der Waals surface area (Å²) in [6, 6.07) is 5.66. The molecule has 0 spiro atoms. The number of rotatable bonds is 3. The normalized spacial score (nSPS) is 22.9. The number of nitrogens with one attached hydrogen (secondary N) is 1. The van der Waals surface area contributed by atoms with Crippen LogP contribution in [0.15, 0.2) is 18.2 Å². The van der Waals surface area contributed by atoms with Gasteiger partial charge in [0.1, 0.15) is 5.75 Å². The van der Waals surface area contributed by atoms with Gasteiger partial charge in [-0.1, -0.05) is 25.3 Å². The minimum atomic E-state index is -0.0642. The third-order valence-corrected chi connectivity index (χ3v) is 4.06. The Hall–Kier alpha value is -1.55. The Morgan fingerprint density at radius 2 is 2.05 bits per heavy atom. The van der Waals surface area contributed by atoms with E-state index in [-0.39, 0.29) is 18.0 Å². The van der Waals surface area contributed by atoms with Crippen molar-refractivity contribution in [2.75, 3.05) is 7.11 Å². The lowest BCUT2D eigenvalue weighted by Gasteiger charge is -2.22. The summed E-state index contributed by atoms with van der Waals surface area (Å²) in [5.41, 5.74) is 7.80. The Balaban J connectivity index is 2.07. The molecule has 0 aliphatic heterocycles. The minimum Gasteiger partial charge on any atom is -0.496 e. The summed E-state index contributed by atoms with van der Waals surface area (Å²) in [5, 5.41) is 3.08. The van der Waals surface area contributed by atoms with E-state index in [1.165, 1.54) is 6.42 Å². The third kappa shape index (κ3) is 3.51. The molecule has 1 aromatic carbocycles. The monoisotopic (exact) mass is 276 g/mol. The van der Waals surface area contributed by atoms with Gasteiger partial charge in [-0.15, -0.1) is 0 Å². The molecular weight excluding hydrogens is 252 g/mol. The number of hydrogen-bond donors (Lipinski definition) is 2. The van der Waals surface area contributed by atoms with Gasteiger partial charge in [0.15, 0.2) is 0 Å². The first kappa shape index (κ1) is 14.9. The summed E-state index contributed by atoms with van der Waals surface area (Å²) >= 11 is 0. The maximum absolute atomic E-state index is 12.3. The second-order valence-corrected chi connectivity index (χ2v) is 5.57. The predicted octanol–water partition coefficient (Wildman–Crippen LogP) is 2.39. The van der Waals surface area contributed by atoms with Gasteiger partial charge in [0.05, 0.1) is 7.11 Å². The summed E-state index contributed by atoms with van der Waals surface area (Å²) < 4.78 is 5.26. The van der Waals surface area contributed by atoms with Crippen molar-refractivity contribution in [2.45, 2.75) is 51.1 Å². The Morgan fingerprint density at radius 1 is 1.30 bits per heavy atom. The molecule has 1 aliphatic rings. The molecule has 20 heavy (non-hydrogen) atoms. The van der Waals surface area contributed by atoms with Crippen LogP contribution in [0.25, 0.3) is 0 Å². The number of carbonyl (C=O) groups excluding carboxylic acids is 1. The maximum atomic E-state index is 12.3. The van der Waals surface area contributed by atoms with E-state index in [9.17, 15) is 4.79 Å². The molecule has 110 valence electrons. The molecule has 1 aromatic rings. The van der Waals surface area contributed by atoms with Gasteiger partial charge >= 0.3 is 0 Å². The van der Waals surface area contributed by atoms with Crippen LogP contribution >= 0.6 is 0 Å². The second-order valence-electron chi connectivity index (χ2n) is 5.57. The lowest BCUT2D eigenvalue weighted by atomic mass is 10.0. The Bertz CT molecular complexity index is 474. The van der Waals surface area contributed by atoms with Crippen LogP contribution in [0.3, 0.4) is 0 Å². The fourth-order valence-corrected chi connectivity index (χ4v) is 2.73. The van der Waals surface area contributed by atoms with Gasteiger partial charge in [0, 0.05) is 17.6 Å². The van der Waals surface area contributed by atoms with E-state index in [0.717, 1.165) is 37.0 Å². The van der Waals surface area contributed by atoms with E-state index in [1.807, 2.05) is 19.1 Å². The molecule has 1 saturated carbocycles. The Morgan fingerprint density at radius 3 is 2.80 bits per heavy atom. The highest BCUT2D eigenvalue weighted by Crippen LogP contribution is 2.20. The molecule has 3 N–H and O–H groups in total. The third-order valence-electron chi connectivity index (χ3n) is 4.06. The van der Waals surface area contributed by atoms with Gasteiger partial charge in [-0.05, 0) is 37.5 Å². The molecule has 1 aliphatic carbocycles. The Labute approximate surface area is 120 Å². The summed E-state index contributed by atoms with van der Waals surface area (Å²) in [6.07, 6.45) is 5.46. The van der Waals surface area contributed by atoms with Crippen LogP contribution in [0.1, 0.15) is 48.0 Å². The van der Waals surface area contributed by atoms with Crippen LogP contribution in [-0.4, -0.2) is 25.1 Å². The smallest absolute Gasteiger partial charge is 0.251 e. The number of ether oxygens (including phenoxy) is 1. The molecule has 4 heteroatoms. The van der Waals surface area contributed by atoms with Gasteiger partial charge in [0.2, 0.25) is 0 Å². The summed E-state index contributed by atoms with van der Waals surface area (Å²) in [6.45, 7) is 1.96. The van der Waals surface area contributed by atoms with Crippen LogP contribution in [0.2, 0.25) is 0 Å². The average molecular weight is 276 g/mol. The highest BCUT2D eigenvalue weighted by molar-refractivity contribution is 5.95. The lowest BCUT2D eigenvalue weighted by Crippen LogP contribution is -2.46. The zero-order chi connectivity index (χ0) is 14.5. The quantitative estimate of drug-likeness (QED) is 0.833. The molecule has 0 saturated heterocycles. The zero-order valence-electron chi connectivity index (χ0n) is 12.3. The van der Waals surface area contributed by atoms with E-state index in [4.69, 9.17) is 10.5 Å². The second kappa shape index (κ2) is 6.75. The molecule has 1 amide bonds. The molecule has 1 fully saturated rings. The van der Waals surface area contributed by atoms with Crippen molar-refractivity contribution in [3.05, 3.63) is 29.3 Å². The first-order valence-electron chi connectivity index (χ1n) is 7.33. The zero-order valence-corrected chi connectivity index (χ0v) is 12.3. The molecule has 0 aromatic heterocycles. The van der Waals surface area contributed by atoms with Crippen molar-refractivity contribution in [3.63, 3.8) is 0 Å². The molecule has 4 nitrogen and oxygen atoms in total. The molecule has 2 unspecified atom stereocenters. The van der Waals surface area contributed by atoms with Crippen molar-refractivity contribution in [1.29, 1.82) is 0 Å². The topological polar surface area (TPSA) is 64.3 Å².